The van der Waals surface area contributed by atoms with Crippen LogP contribution in [-0.2, 0) is 6.18 Å². The van der Waals surface area contributed by atoms with Gasteiger partial charge < -0.3 is 5.73 Å². The largest absolute Gasteiger partial charge is 0.417 e. The van der Waals surface area contributed by atoms with E-state index in [1.54, 1.807) is 24.3 Å². The van der Waals surface area contributed by atoms with E-state index >= 15 is 0 Å². The van der Waals surface area contributed by atoms with Gasteiger partial charge in [-0.15, -0.1) is 0 Å². The molecule has 0 radical (unpaired) electrons. The summed E-state index contributed by atoms with van der Waals surface area (Å²) < 4.78 is 41.0. The summed E-state index contributed by atoms with van der Waals surface area (Å²) in [5.74, 6) is -0.0433. The van der Waals surface area contributed by atoms with Gasteiger partial charge in [0, 0.05) is 5.69 Å². The third-order valence-corrected chi connectivity index (χ3v) is 4.45. The summed E-state index contributed by atoms with van der Waals surface area (Å²) in [5.41, 5.74) is 6.68. The van der Waals surface area contributed by atoms with Gasteiger partial charge in [0.25, 0.3) is 0 Å². The number of halogens is 4. The number of anilines is 1. The van der Waals surface area contributed by atoms with Crippen LogP contribution in [0.3, 0.4) is 0 Å². The first-order valence-corrected chi connectivity index (χ1v) is 8.03. The van der Waals surface area contributed by atoms with E-state index in [1.165, 1.54) is 10.6 Å². The van der Waals surface area contributed by atoms with Gasteiger partial charge in [-0.2, -0.15) is 18.4 Å². The summed E-state index contributed by atoms with van der Waals surface area (Å²) in [6, 6.07) is 12.3. The highest BCUT2D eigenvalue weighted by molar-refractivity contribution is 6.31. The number of alkyl halides is 3. The van der Waals surface area contributed by atoms with Crippen LogP contribution in [0.4, 0.5) is 19.0 Å². The Balaban J connectivity index is 2.10. The van der Waals surface area contributed by atoms with Crippen molar-refractivity contribution in [1.29, 1.82) is 5.26 Å². The highest BCUT2D eigenvalue weighted by atomic mass is 35.5. The Labute approximate surface area is 155 Å². The average molecular weight is 388 g/mol. The third kappa shape index (κ3) is 2.64. The van der Waals surface area contributed by atoms with Crippen LogP contribution in [0, 0.1) is 11.3 Å². The van der Waals surface area contributed by atoms with E-state index in [0.717, 1.165) is 12.1 Å². The highest BCUT2D eigenvalue weighted by Crippen LogP contribution is 2.37. The van der Waals surface area contributed by atoms with E-state index in [9.17, 15) is 18.4 Å². The zero-order chi connectivity index (χ0) is 19.3. The zero-order valence-corrected chi connectivity index (χ0v) is 14.2. The lowest BCUT2D eigenvalue weighted by Gasteiger charge is -2.13. The number of hydrogen-bond acceptors (Lipinski definition) is 4. The quantitative estimate of drug-likeness (QED) is 0.513. The molecule has 4 aromatic rings. The molecule has 0 atom stereocenters. The van der Waals surface area contributed by atoms with Crippen molar-refractivity contribution in [3.8, 4) is 11.8 Å². The van der Waals surface area contributed by atoms with Gasteiger partial charge in [-0.25, -0.2) is 9.97 Å². The predicted molar refractivity (Wildman–Crippen MR) is 95.5 cm³/mol. The molecular weight excluding hydrogens is 379 g/mol. The Kier molecular flexibility index (Phi) is 3.71. The van der Waals surface area contributed by atoms with Crippen molar-refractivity contribution in [2.45, 2.75) is 6.18 Å². The second-order valence-electron chi connectivity index (χ2n) is 5.75. The van der Waals surface area contributed by atoms with E-state index < -0.39 is 16.8 Å². The number of nitrogens with two attached hydrogens (primary N) is 1. The third-order valence-electron chi connectivity index (χ3n) is 4.12. The molecular formula is C18H9ClF3N5. The lowest BCUT2D eigenvalue weighted by atomic mass is 10.2. The first-order chi connectivity index (χ1) is 12.8. The fourth-order valence-electron chi connectivity index (χ4n) is 2.90. The number of nitrogen functional groups attached to an aromatic ring is 1. The number of para-hydroxylation sites is 2. The molecule has 2 aromatic heterocycles. The number of rotatable bonds is 1. The fourth-order valence-corrected chi connectivity index (χ4v) is 3.13. The van der Waals surface area contributed by atoms with Crippen LogP contribution in [0.5, 0.6) is 0 Å². The summed E-state index contributed by atoms with van der Waals surface area (Å²) in [5, 5.41) is 9.03. The Bertz CT molecular complexity index is 1250. The summed E-state index contributed by atoms with van der Waals surface area (Å²) in [6.07, 6.45) is -4.64. The van der Waals surface area contributed by atoms with E-state index in [1.807, 2.05) is 6.07 Å². The SMILES string of the molecule is N#Cc1c(N)n(-c2ccc(Cl)c(C(F)(F)F)c2)c2nc3ccccc3nc12. The Morgan fingerprint density at radius 1 is 1.07 bits per heavy atom. The molecule has 134 valence electrons. The summed E-state index contributed by atoms with van der Waals surface area (Å²) in [7, 11) is 0. The van der Waals surface area contributed by atoms with Crippen molar-refractivity contribution in [3.63, 3.8) is 0 Å². The molecule has 0 aliphatic carbocycles. The van der Waals surface area contributed by atoms with Crippen LogP contribution in [0.25, 0.3) is 27.9 Å². The van der Waals surface area contributed by atoms with Crippen molar-refractivity contribution in [2.24, 2.45) is 0 Å². The minimum absolute atomic E-state index is 0.0433. The molecule has 0 aliphatic rings. The number of hydrogen-bond donors (Lipinski definition) is 1. The molecule has 0 amide bonds. The predicted octanol–water partition coefficient (Wildman–Crippen LogP) is 4.70. The molecule has 4 rings (SSSR count). The normalized spacial score (nSPS) is 11.8. The second kappa shape index (κ2) is 5.86. The molecule has 0 spiro atoms. The molecule has 27 heavy (non-hydrogen) atoms. The van der Waals surface area contributed by atoms with Gasteiger partial charge in [0.1, 0.15) is 23.0 Å². The molecule has 5 nitrogen and oxygen atoms in total. The molecule has 0 aliphatic heterocycles. The molecule has 9 heteroatoms. The maximum Gasteiger partial charge on any atom is 0.417 e. The molecule has 0 bridgehead atoms. The van der Waals surface area contributed by atoms with Crippen molar-refractivity contribution in [2.75, 3.05) is 5.73 Å². The summed E-state index contributed by atoms with van der Waals surface area (Å²) in [4.78, 5) is 8.86. The topological polar surface area (TPSA) is 80.5 Å². The van der Waals surface area contributed by atoms with E-state index in [-0.39, 0.29) is 28.2 Å². The van der Waals surface area contributed by atoms with Crippen LogP contribution in [0.1, 0.15) is 11.1 Å². The highest BCUT2D eigenvalue weighted by Gasteiger charge is 2.34. The second-order valence-corrected chi connectivity index (χ2v) is 6.16. The maximum atomic E-state index is 13.2. The first kappa shape index (κ1) is 17.1. The van der Waals surface area contributed by atoms with Crippen LogP contribution in [0.15, 0.2) is 42.5 Å². The standard InChI is InChI=1S/C18H9ClF3N5/c19-12-6-5-9(7-11(12)18(20,21)22)27-16(24)10(8-23)15-17(27)26-14-4-2-1-3-13(14)25-15/h1-7H,24H2. The molecule has 2 heterocycles. The minimum atomic E-state index is -4.64. The Morgan fingerprint density at radius 2 is 1.74 bits per heavy atom. The number of fused-ring (bicyclic) bond motifs is 2. The van der Waals surface area contributed by atoms with Gasteiger partial charge in [0.15, 0.2) is 5.65 Å². The van der Waals surface area contributed by atoms with Crippen LogP contribution >= 0.6 is 11.6 Å². The fraction of sp³-hybridized carbons (Fsp3) is 0.0556. The van der Waals surface area contributed by atoms with Gasteiger partial charge in [0.2, 0.25) is 0 Å². The molecule has 2 N–H and O–H groups in total. The van der Waals surface area contributed by atoms with Gasteiger partial charge >= 0.3 is 6.18 Å². The van der Waals surface area contributed by atoms with Crippen LogP contribution in [0.2, 0.25) is 5.02 Å². The molecule has 2 aromatic carbocycles. The number of benzene rings is 2. The summed E-state index contributed by atoms with van der Waals surface area (Å²) >= 11 is 5.70. The van der Waals surface area contributed by atoms with Gasteiger partial charge in [-0.3, -0.25) is 4.57 Å². The van der Waals surface area contributed by atoms with E-state index in [2.05, 4.69) is 9.97 Å². The smallest absolute Gasteiger partial charge is 0.384 e. The van der Waals surface area contributed by atoms with Crippen LogP contribution in [-0.4, -0.2) is 14.5 Å². The average Bonchev–Trinajstić information content (AvgIpc) is 2.89. The minimum Gasteiger partial charge on any atom is -0.384 e. The maximum absolute atomic E-state index is 13.2. The van der Waals surface area contributed by atoms with Crippen molar-refractivity contribution in [1.82, 2.24) is 14.5 Å². The Hall–Kier alpha value is -3.31. The lowest BCUT2D eigenvalue weighted by Crippen LogP contribution is -2.08. The lowest BCUT2D eigenvalue weighted by molar-refractivity contribution is -0.137. The number of aromatic nitrogens is 3. The number of nitriles is 1. The molecule has 0 saturated carbocycles. The van der Waals surface area contributed by atoms with Gasteiger partial charge in [0.05, 0.1) is 21.6 Å². The number of nitrogens with zero attached hydrogens (tertiary/aromatic N) is 4. The molecule has 0 saturated heterocycles. The van der Waals surface area contributed by atoms with Gasteiger partial charge in [-0.1, -0.05) is 23.7 Å². The van der Waals surface area contributed by atoms with Gasteiger partial charge in [-0.05, 0) is 30.3 Å². The summed E-state index contributed by atoms with van der Waals surface area (Å²) in [6.45, 7) is 0. The van der Waals surface area contributed by atoms with Crippen molar-refractivity contribution in [3.05, 3.63) is 58.6 Å². The van der Waals surface area contributed by atoms with Crippen molar-refractivity contribution >= 4 is 39.6 Å². The van der Waals surface area contributed by atoms with Crippen molar-refractivity contribution < 1.29 is 13.2 Å². The molecule has 0 fully saturated rings. The monoisotopic (exact) mass is 387 g/mol. The first-order valence-electron chi connectivity index (χ1n) is 7.65. The molecule has 0 unspecified atom stereocenters. The van der Waals surface area contributed by atoms with E-state index in [4.69, 9.17) is 17.3 Å². The van der Waals surface area contributed by atoms with Crippen LogP contribution < -0.4 is 5.73 Å². The van der Waals surface area contributed by atoms with E-state index in [0.29, 0.717) is 11.0 Å². The zero-order valence-electron chi connectivity index (χ0n) is 13.4. The Morgan fingerprint density at radius 3 is 2.37 bits per heavy atom.